The summed E-state index contributed by atoms with van der Waals surface area (Å²) in [5.41, 5.74) is 4.02. The molecule has 0 spiro atoms. The minimum Gasteiger partial charge on any atom is -0.356 e. The first-order valence-electron chi connectivity index (χ1n) is 9.68. The molecule has 3 heterocycles. The van der Waals surface area contributed by atoms with Crippen LogP contribution in [0.15, 0.2) is 24.3 Å². The number of rotatable bonds is 5. The maximum absolute atomic E-state index is 12.5. The van der Waals surface area contributed by atoms with Crippen LogP contribution in [0.4, 0.5) is 0 Å². The lowest BCUT2D eigenvalue weighted by Gasteiger charge is -2.44. The number of H-pyrrole nitrogens is 1. The van der Waals surface area contributed by atoms with E-state index in [9.17, 15) is 4.79 Å². The molecule has 24 heavy (non-hydrogen) atoms. The molecule has 0 saturated carbocycles. The second-order valence-corrected chi connectivity index (χ2v) is 7.49. The maximum Gasteiger partial charge on any atom is 0.223 e. The number of piperidine rings is 1. The van der Waals surface area contributed by atoms with Crippen molar-refractivity contribution >= 4 is 16.8 Å². The molecular weight excluding hydrogens is 296 g/mol. The summed E-state index contributed by atoms with van der Waals surface area (Å²) in [6, 6.07) is 8.89. The van der Waals surface area contributed by atoms with Crippen molar-refractivity contribution in [3.63, 3.8) is 0 Å². The molecule has 2 aliphatic rings. The average Bonchev–Trinajstić information content (AvgIpc) is 2.99. The fraction of sp³-hybridized carbons (Fsp3) is 0.571. The highest BCUT2D eigenvalue weighted by Gasteiger charge is 2.41. The molecule has 0 aliphatic carbocycles. The number of nitrogens with zero attached hydrogens (tertiary/aromatic N) is 1. The summed E-state index contributed by atoms with van der Waals surface area (Å²) in [4.78, 5) is 18.3. The minimum absolute atomic E-state index is 0.282. The largest absolute Gasteiger partial charge is 0.356 e. The molecule has 2 atom stereocenters. The zero-order valence-corrected chi connectivity index (χ0v) is 14.7. The molecular formula is C21H28N2O. The van der Waals surface area contributed by atoms with Gasteiger partial charge in [-0.2, -0.15) is 0 Å². The molecule has 1 amide bonds. The lowest BCUT2D eigenvalue weighted by Crippen LogP contribution is -2.46. The smallest absolute Gasteiger partial charge is 0.223 e. The Bertz CT molecular complexity index is 733. The van der Waals surface area contributed by atoms with E-state index >= 15 is 0 Å². The number of amides is 1. The van der Waals surface area contributed by atoms with Gasteiger partial charge in [-0.3, -0.25) is 4.79 Å². The van der Waals surface area contributed by atoms with Crippen LogP contribution in [-0.2, 0) is 11.2 Å². The molecule has 128 valence electrons. The van der Waals surface area contributed by atoms with Gasteiger partial charge in [-0.15, -0.1) is 0 Å². The van der Waals surface area contributed by atoms with Gasteiger partial charge < -0.3 is 9.88 Å². The Balaban J connectivity index is 1.65. The van der Waals surface area contributed by atoms with E-state index in [0.29, 0.717) is 11.8 Å². The Hall–Kier alpha value is -1.77. The van der Waals surface area contributed by atoms with E-state index in [0.717, 1.165) is 25.8 Å². The van der Waals surface area contributed by atoms with Crippen molar-refractivity contribution in [2.75, 3.05) is 6.54 Å². The van der Waals surface area contributed by atoms with Gasteiger partial charge in [-0.1, -0.05) is 50.8 Å². The van der Waals surface area contributed by atoms with E-state index in [4.69, 9.17) is 0 Å². The van der Waals surface area contributed by atoms with Crippen LogP contribution in [0.1, 0.15) is 69.2 Å². The minimum atomic E-state index is 0.282. The third kappa shape index (κ3) is 2.64. The van der Waals surface area contributed by atoms with Crippen LogP contribution >= 0.6 is 0 Å². The van der Waals surface area contributed by atoms with Crippen molar-refractivity contribution in [1.82, 2.24) is 9.88 Å². The van der Waals surface area contributed by atoms with Gasteiger partial charge in [-0.25, -0.2) is 0 Å². The molecule has 1 N–H and O–H groups in total. The number of carbonyl (C=O) groups is 1. The first-order valence-corrected chi connectivity index (χ1v) is 9.68. The van der Waals surface area contributed by atoms with Crippen molar-refractivity contribution in [3.8, 4) is 0 Å². The summed E-state index contributed by atoms with van der Waals surface area (Å²) in [7, 11) is 0. The SMILES string of the molecule is CCCCCC[C@@H]1CCC(=O)N2CCc3c([nH]c4ccccc34)[C@H]12. The number of hydrogen-bond donors (Lipinski definition) is 1. The number of benzene rings is 1. The molecule has 3 heteroatoms. The van der Waals surface area contributed by atoms with Gasteiger partial charge in [0.25, 0.3) is 0 Å². The number of para-hydroxylation sites is 1. The molecule has 2 aliphatic heterocycles. The molecule has 0 bridgehead atoms. The fourth-order valence-electron chi connectivity index (χ4n) is 4.79. The summed E-state index contributed by atoms with van der Waals surface area (Å²) < 4.78 is 0. The molecule has 0 radical (unpaired) electrons. The standard InChI is InChI=1S/C21H28N2O/c1-2-3-4-5-8-15-11-12-19(24)23-14-13-17-16-9-6-7-10-18(16)22-20(17)21(15)23/h6-7,9-10,15,21-22H,2-5,8,11-14H2,1H3/t15-,21+/m1/s1. The third-order valence-electron chi connectivity index (χ3n) is 6.01. The van der Waals surface area contributed by atoms with Crippen LogP contribution < -0.4 is 0 Å². The van der Waals surface area contributed by atoms with Crippen molar-refractivity contribution < 1.29 is 4.79 Å². The Morgan fingerprint density at radius 3 is 2.92 bits per heavy atom. The molecule has 1 aromatic carbocycles. The quantitative estimate of drug-likeness (QED) is 0.774. The summed E-state index contributed by atoms with van der Waals surface area (Å²) in [6.45, 7) is 3.16. The Morgan fingerprint density at radius 2 is 2.04 bits per heavy atom. The van der Waals surface area contributed by atoms with Gasteiger partial charge >= 0.3 is 0 Å². The molecule has 1 saturated heterocycles. The topological polar surface area (TPSA) is 36.1 Å². The molecule has 4 rings (SSSR count). The molecule has 2 aromatic rings. The zero-order valence-electron chi connectivity index (χ0n) is 14.7. The van der Waals surface area contributed by atoms with Gasteiger partial charge in [-0.05, 0) is 36.8 Å². The summed E-state index contributed by atoms with van der Waals surface area (Å²) in [5, 5.41) is 1.36. The summed E-state index contributed by atoms with van der Waals surface area (Å²) in [5.74, 6) is 0.973. The summed E-state index contributed by atoms with van der Waals surface area (Å²) >= 11 is 0. The Morgan fingerprint density at radius 1 is 1.17 bits per heavy atom. The number of hydrogen-bond acceptors (Lipinski definition) is 1. The second-order valence-electron chi connectivity index (χ2n) is 7.49. The second kappa shape index (κ2) is 6.62. The predicted molar refractivity (Wildman–Crippen MR) is 97.9 cm³/mol. The van der Waals surface area contributed by atoms with Crippen LogP contribution in [0.25, 0.3) is 10.9 Å². The van der Waals surface area contributed by atoms with Crippen LogP contribution in [0.5, 0.6) is 0 Å². The normalized spacial score (nSPS) is 23.4. The Labute approximate surface area is 144 Å². The van der Waals surface area contributed by atoms with Gasteiger partial charge in [0.15, 0.2) is 0 Å². The van der Waals surface area contributed by atoms with Crippen LogP contribution in [0, 0.1) is 5.92 Å². The average molecular weight is 324 g/mol. The predicted octanol–water partition coefficient (Wildman–Crippen LogP) is 4.97. The lowest BCUT2D eigenvalue weighted by atomic mass is 9.79. The van der Waals surface area contributed by atoms with Crippen LogP contribution in [0.3, 0.4) is 0 Å². The van der Waals surface area contributed by atoms with Crippen molar-refractivity contribution in [2.24, 2.45) is 5.92 Å². The highest BCUT2D eigenvalue weighted by molar-refractivity contribution is 5.86. The van der Waals surface area contributed by atoms with E-state index in [2.05, 4.69) is 41.1 Å². The summed E-state index contributed by atoms with van der Waals surface area (Å²) in [6.07, 6.45) is 9.28. The zero-order chi connectivity index (χ0) is 16.5. The van der Waals surface area contributed by atoms with E-state index in [1.165, 1.54) is 54.3 Å². The van der Waals surface area contributed by atoms with Crippen molar-refractivity contribution in [2.45, 2.75) is 64.3 Å². The fourth-order valence-corrected chi connectivity index (χ4v) is 4.79. The highest BCUT2D eigenvalue weighted by atomic mass is 16.2. The number of aromatic amines is 1. The number of fused-ring (bicyclic) bond motifs is 5. The number of carbonyl (C=O) groups excluding carboxylic acids is 1. The van der Waals surface area contributed by atoms with Gasteiger partial charge in [0.2, 0.25) is 5.91 Å². The lowest BCUT2D eigenvalue weighted by molar-refractivity contribution is -0.140. The van der Waals surface area contributed by atoms with E-state index in [1.807, 2.05) is 0 Å². The molecule has 1 fully saturated rings. The van der Waals surface area contributed by atoms with Gasteiger partial charge in [0.05, 0.1) is 6.04 Å². The van der Waals surface area contributed by atoms with E-state index in [1.54, 1.807) is 0 Å². The molecule has 1 aromatic heterocycles. The monoisotopic (exact) mass is 324 g/mol. The van der Waals surface area contributed by atoms with E-state index < -0.39 is 0 Å². The molecule has 0 unspecified atom stereocenters. The Kier molecular flexibility index (Phi) is 4.34. The number of aromatic nitrogens is 1. The number of nitrogens with one attached hydrogen (secondary N) is 1. The highest BCUT2D eigenvalue weighted by Crippen LogP contribution is 2.44. The van der Waals surface area contributed by atoms with Crippen molar-refractivity contribution in [1.29, 1.82) is 0 Å². The third-order valence-corrected chi connectivity index (χ3v) is 6.01. The first-order chi connectivity index (χ1) is 11.8. The van der Waals surface area contributed by atoms with Gasteiger partial charge in [0, 0.05) is 29.6 Å². The maximum atomic E-state index is 12.5. The number of unbranched alkanes of at least 4 members (excludes halogenated alkanes) is 3. The van der Waals surface area contributed by atoms with Crippen molar-refractivity contribution in [3.05, 3.63) is 35.5 Å². The first kappa shape index (κ1) is 15.7. The van der Waals surface area contributed by atoms with Crippen LogP contribution in [0.2, 0.25) is 0 Å². The molecule has 3 nitrogen and oxygen atoms in total. The van der Waals surface area contributed by atoms with Crippen LogP contribution in [-0.4, -0.2) is 22.3 Å². The van der Waals surface area contributed by atoms with Gasteiger partial charge in [0.1, 0.15) is 0 Å². The van der Waals surface area contributed by atoms with E-state index in [-0.39, 0.29) is 6.04 Å².